The number of likely N-dealkylation sites (N-methyl/N-ethyl adjacent to an activating group) is 2. The predicted octanol–water partition coefficient (Wildman–Crippen LogP) is 0.844. The van der Waals surface area contributed by atoms with Gasteiger partial charge in [0, 0.05) is 32.7 Å². The van der Waals surface area contributed by atoms with Gasteiger partial charge in [-0.3, -0.25) is 9.69 Å². The van der Waals surface area contributed by atoms with E-state index in [-0.39, 0.29) is 12.2 Å². The summed E-state index contributed by atoms with van der Waals surface area (Å²) in [6.45, 7) is 8.97. The summed E-state index contributed by atoms with van der Waals surface area (Å²) in [5.74, 6) is 0.0550. The van der Waals surface area contributed by atoms with Gasteiger partial charge in [-0.15, -0.1) is 0 Å². The van der Waals surface area contributed by atoms with E-state index < -0.39 is 0 Å². The van der Waals surface area contributed by atoms with Crippen molar-refractivity contribution in [3.05, 3.63) is 0 Å². The highest BCUT2D eigenvalue weighted by atomic mass is 16.7. The summed E-state index contributed by atoms with van der Waals surface area (Å²) >= 11 is 0. The van der Waals surface area contributed by atoms with Gasteiger partial charge in [0.05, 0.1) is 6.54 Å². The number of nitrogens with one attached hydrogen (secondary N) is 1. The minimum Gasteiger partial charge on any atom is -0.355 e. The molecule has 1 amide bonds. The van der Waals surface area contributed by atoms with E-state index in [1.807, 2.05) is 32.7 Å². The molecule has 0 aromatic carbocycles. The third-order valence-corrected chi connectivity index (χ3v) is 2.24. The minimum atomic E-state index is -0.165. The van der Waals surface area contributed by atoms with Crippen LogP contribution in [0.15, 0.2) is 0 Å². The van der Waals surface area contributed by atoms with Crippen molar-refractivity contribution in [2.75, 3.05) is 39.9 Å². The average molecular weight is 246 g/mol. The molecule has 0 rings (SSSR count). The van der Waals surface area contributed by atoms with Gasteiger partial charge in [0.15, 0.2) is 6.29 Å². The summed E-state index contributed by atoms with van der Waals surface area (Å²) in [5.41, 5.74) is 0. The Labute approximate surface area is 104 Å². The second-order valence-electron chi connectivity index (χ2n) is 3.82. The zero-order valence-electron chi connectivity index (χ0n) is 11.5. The molecule has 0 heterocycles. The summed E-state index contributed by atoms with van der Waals surface area (Å²) in [7, 11) is 1.92. The van der Waals surface area contributed by atoms with Crippen LogP contribution in [-0.2, 0) is 14.3 Å². The van der Waals surface area contributed by atoms with E-state index in [0.717, 1.165) is 13.0 Å². The molecule has 0 saturated carbocycles. The molecule has 5 heteroatoms. The smallest absolute Gasteiger partial charge is 0.234 e. The van der Waals surface area contributed by atoms with E-state index in [4.69, 9.17) is 9.47 Å². The van der Waals surface area contributed by atoms with Crippen LogP contribution in [0.3, 0.4) is 0 Å². The Kier molecular flexibility index (Phi) is 10.1. The third kappa shape index (κ3) is 9.09. The summed E-state index contributed by atoms with van der Waals surface area (Å²) < 4.78 is 10.9. The lowest BCUT2D eigenvalue weighted by molar-refractivity contribution is -0.142. The summed E-state index contributed by atoms with van der Waals surface area (Å²) in [6, 6.07) is 0. The molecule has 102 valence electrons. The maximum atomic E-state index is 11.3. The van der Waals surface area contributed by atoms with Gasteiger partial charge >= 0.3 is 0 Å². The Morgan fingerprint density at radius 3 is 2.29 bits per heavy atom. The topological polar surface area (TPSA) is 50.8 Å². The number of carbonyl (C=O) groups excluding carboxylic acids is 1. The molecule has 5 nitrogen and oxygen atoms in total. The van der Waals surface area contributed by atoms with E-state index in [0.29, 0.717) is 26.3 Å². The fourth-order valence-electron chi connectivity index (χ4n) is 1.49. The lowest BCUT2D eigenvalue weighted by Crippen LogP contribution is -2.36. The first kappa shape index (κ1) is 16.4. The lowest BCUT2D eigenvalue weighted by atomic mass is 10.3. The molecule has 0 aromatic heterocycles. The monoisotopic (exact) mass is 246 g/mol. The Morgan fingerprint density at radius 2 is 1.82 bits per heavy atom. The van der Waals surface area contributed by atoms with Gasteiger partial charge in [-0.25, -0.2) is 0 Å². The van der Waals surface area contributed by atoms with Crippen molar-refractivity contribution in [3.8, 4) is 0 Å². The molecule has 0 fully saturated rings. The van der Waals surface area contributed by atoms with Crippen LogP contribution >= 0.6 is 0 Å². The minimum absolute atomic E-state index is 0.0550. The van der Waals surface area contributed by atoms with Gasteiger partial charge in [0.25, 0.3) is 0 Å². The second-order valence-corrected chi connectivity index (χ2v) is 3.82. The van der Waals surface area contributed by atoms with Crippen molar-refractivity contribution in [1.29, 1.82) is 0 Å². The summed E-state index contributed by atoms with van der Waals surface area (Å²) in [5, 5.41) is 2.77. The van der Waals surface area contributed by atoms with E-state index in [2.05, 4.69) is 5.32 Å². The van der Waals surface area contributed by atoms with Crippen molar-refractivity contribution < 1.29 is 14.3 Å². The van der Waals surface area contributed by atoms with E-state index in [1.165, 1.54) is 0 Å². The van der Waals surface area contributed by atoms with Crippen LogP contribution in [0.2, 0.25) is 0 Å². The van der Waals surface area contributed by atoms with Crippen molar-refractivity contribution >= 4 is 5.91 Å². The maximum absolute atomic E-state index is 11.3. The van der Waals surface area contributed by atoms with Gasteiger partial charge in [-0.2, -0.15) is 0 Å². The van der Waals surface area contributed by atoms with Crippen LogP contribution in [0.5, 0.6) is 0 Å². The molecule has 0 aromatic rings. The highest BCUT2D eigenvalue weighted by molar-refractivity contribution is 5.77. The SMILES string of the molecule is CCNC(=O)CN(C)CCC(OCC)OCC. The summed E-state index contributed by atoms with van der Waals surface area (Å²) in [4.78, 5) is 13.3. The first-order valence-electron chi connectivity index (χ1n) is 6.32. The highest BCUT2D eigenvalue weighted by Gasteiger charge is 2.11. The average Bonchev–Trinajstić information content (AvgIpc) is 2.27. The van der Waals surface area contributed by atoms with Crippen LogP contribution in [0.1, 0.15) is 27.2 Å². The maximum Gasteiger partial charge on any atom is 0.234 e. The highest BCUT2D eigenvalue weighted by Crippen LogP contribution is 2.02. The van der Waals surface area contributed by atoms with Gasteiger partial charge in [-0.05, 0) is 27.8 Å². The number of hydrogen-bond donors (Lipinski definition) is 1. The lowest BCUT2D eigenvalue weighted by Gasteiger charge is -2.21. The molecule has 0 aliphatic heterocycles. The molecule has 0 aliphatic carbocycles. The Bertz CT molecular complexity index is 194. The fraction of sp³-hybridized carbons (Fsp3) is 0.917. The second kappa shape index (κ2) is 10.5. The molecule has 0 atom stereocenters. The first-order chi connectivity index (χ1) is 8.13. The predicted molar refractivity (Wildman–Crippen MR) is 67.8 cm³/mol. The zero-order valence-corrected chi connectivity index (χ0v) is 11.5. The molecular weight excluding hydrogens is 220 g/mol. The van der Waals surface area contributed by atoms with Crippen molar-refractivity contribution in [3.63, 3.8) is 0 Å². The van der Waals surface area contributed by atoms with Gasteiger partial charge in [0.1, 0.15) is 0 Å². The molecule has 0 spiro atoms. The van der Waals surface area contributed by atoms with Crippen LogP contribution < -0.4 is 5.32 Å². The molecule has 17 heavy (non-hydrogen) atoms. The van der Waals surface area contributed by atoms with Crippen LogP contribution in [0, 0.1) is 0 Å². The molecule has 0 unspecified atom stereocenters. The fourth-order valence-corrected chi connectivity index (χ4v) is 1.49. The third-order valence-electron chi connectivity index (χ3n) is 2.24. The molecule has 0 radical (unpaired) electrons. The quantitative estimate of drug-likeness (QED) is 0.580. The molecule has 0 saturated heterocycles. The Balaban J connectivity index is 3.78. The van der Waals surface area contributed by atoms with E-state index >= 15 is 0 Å². The molecular formula is C12H26N2O3. The normalized spacial score (nSPS) is 11.2. The Hall–Kier alpha value is -0.650. The van der Waals surface area contributed by atoms with E-state index in [9.17, 15) is 4.79 Å². The van der Waals surface area contributed by atoms with Crippen LogP contribution in [0.4, 0.5) is 0 Å². The number of amides is 1. The van der Waals surface area contributed by atoms with Gasteiger partial charge < -0.3 is 14.8 Å². The van der Waals surface area contributed by atoms with Crippen molar-refractivity contribution in [1.82, 2.24) is 10.2 Å². The molecule has 0 aliphatic rings. The van der Waals surface area contributed by atoms with Gasteiger partial charge in [-0.1, -0.05) is 0 Å². The number of rotatable bonds is 10. The van der Waals surface area contributed by atoms with Crippen molar-refractivity contribution in [2.24, 2.45) is 0 Å². The van der Waals surface area contributed by atoms with Crippen LogP contribution in [-0.4, -0.2) is 57.0 Å². The standard InChI is InChI=1S/C12H26N2O3/c1-5-13-11(15)10-14(4)9-8-12(16-6-2)17-7-3/h12H,5-10H2,1-4H3,(H,13,15). The number of hydrogen-bond acceptors (Lipinski definition) is 4. The zero-order chi connectivity index (χ0) is 13.1. The van der Waals surface area contributed by atoms with E-state index in [1.54, 1.807) is 0 Å². The van der Waals surface area contributed by atoms with Crippen LogP contribution in [0.25, 0.3) is 0 Å². The molecule has 1 N–H and O–H groups in total. The Morgan fingerprint density at radius 1 is 1.24 bits per heavy atom. The largest absolute Gasteiger partial charge is 0.355 e. The first-order valence-corrected chi connectivity index (χ1v) is 6.32. The van der Waals surface area contributed by atoms with Crippen molar-refractivity contribution in [2.45, 2.75) is 33.5 Å². The number of ether oxygens (including phenoxy) is 2. The molecule has 0 bridgehead atoms. The number of carbonyl (C=O) groups is 1. The number of nitrogens with zero attached hydrogens (tertiary/aromatic N) is 1. The summed E-state index contributed by atoms with van der Waals surface area (Å²) in [6.07, 6.45) is 0.610. The van der Waals surface area contributed by atoms with Gasteiger partial charge in [0.2, 0.25) is 5.91 Å².